The zero-order chi connectivity index (χ0) is 22.2. The maximum absolute atomic E-state index is 13.4. The van der Waals surface area contributed by atoms with Gasteiger partial charge in [0, 0.05) is 30.0 Å². The first-order valence-electron chi connectivity index (χ1n) is 11.3. The zero-order valence-electron chi connectivity index (χ0n) is 18.4. The quantitative estimate of drug-likeness (QED) is 0.589. The van der Waals surface area contributed by atoms with Crippen molar-refractivity contribution in [2.75, 3.05) is 0 Å². The molecule has 2 unspecified atom stereocenters. The molecule has 0 aromatic heterocycles. The first-order chi connectivity index (χ1) is 15.5. The summed E-state index contributed by atoms with van der Waals surface area (Å²) in [5.41, 5.74) is 3.75. The summed E-state index contributed by atoms with van der Waals surface area (Å²) < 4.78 is 5.74. The van der Waals surface area contributed by atoms with Crippen LogP contribution < -0.4 is 10.1 Å². The average molecular weight is 426 g/mol. The summed E-state index contributed by atoms with van der Waals surface area (Å²) in [7, 11) is 0. The second-order valence-electron chi connectivity index (χ2n) is 9.03. The molecule has 1 aliphatic carbocycles. The Kier molecular flexibility index (Phi) is 5.30. The van der Waals surface area contributed by atoms with Crippen LogP contribution in [0.25, 0.3) is 10.8 Å². The monoisotopic (exact) mass is 425 g/mol. The van der Waals surface area contributed by atoms with Crippen LogP contribution in [0, 0.1) is 0 Å². The number of nitrogens with one attached hydrogen (secondary N) is 1. The summed E-state index contributed by atoms with van der Waals surface area (Å²) in [6, 6.07) is 22.3. The van der Waals surface area contributed by atoms with E-state index in [0.717, 1.165) is 38.9 Å². The number of carbonyl (C=O) groups is 2. The maximum atomic E-state index is 13.4. The van der Waals surface area contributed by atoms with E-state index in [1.165, 1.54) is 0 Å². The minimum atomic E-state index is -0.194. The number of amides is 1. The lowest BCUT2D eigenvalue weighted by Crippen LogP contribution is -2.38. The fourth-order valence-electron chi connectivity index (χ4n) is 5.11. The lowest BCUT2D eigenvalue weighted by molar-refractivity contribution is -0.122. The van der Waals surface area contributed by atoms with Crippen molar-refractivity contribution < 1.29 is 14.3 Å². The lowest BCUT2D eigenvalue weighted by atomic mass is 9.73. The normalized spacial score (nSPS) is 21.0. The van der Waals surface area contributed by atoms with Crippen molar-refractivity contribution >= 4 is 22.5 Å². The van der Waals surface area contributed by atoms with Crippen LogP contribution in [0.3, 0.4) is 0 Å². The number of benzene rings is 3. The number of fused-ring (bicyclic) bond motifs is 1. The molecule has 0 bridgehead atoms. The van der Waals surface area contributed by atoms with E-state index in [1.807, 2.05) is 56.3 Å². The van der Waals surface area contributed by atoms with Gasteiger partial charge in [-0.15, -0.1) is 0 Å². The largest absolute Gasteiger partial charge is 0.491 e. The topological polar surface area (TPSA) is 55.4 Å². The Hall–Kier alpha value is -3.40. The van der Waals surface area contributed by atoms with Crippen molar-refractivity contribution in [3.05, 3.63) is 89.1 Å². The van der Waals surface area contributed by atoms with Gasteiger partial charge in [-0.3, -0.25) is 9.59 Å². The molecule has 0 radical (unpaired) electrons. The second-order valence-corrected chi connectivity index (χ2v) is 9.03. The number of ketones is 1. The number of hydrogen-bond acceptors (Lipinski definition) is 3. The first kappa shape index (κ1) is 20.5. The standard InChI is InChI=1S/C28H27NO3/c1-17(2)32-21-12-10-18(11-13-21)20-14-25-28(26(30)15-20)24(16-27(31)29-25)23-9-5-7-19-6-3-4-8-22(19)23/h3-13,17,20,24H,14-16H2,1-2H3,(H,29,31). The smallest absolute Gasteiger partial charge is 0.225 e. The number of hydrogen-bond donors (Lipinski definition) is 1. The van der Waals surface area contributed by atoms with Gasteiger partial charge in [-0.05, 0) is 60.2 Å². The van der Waals surface area contributed by atoms with Gasteiger partial charge in [0.25, 0.3) is 0 Å². The summed E-state index contributed by atoms with van der Waals surface area (Å²) in [6.07, 6.45) is 1.55. The predicted molar refractivity (Wildman–Crippen MR) is 126 cm³/mol. The van der Waals surface area contributed by atoms with Gasteiger partial charge in [0.15, 0.2) is 5.78 Å². The average Bonchev–Trinajstić information content (AvgIpc) is 2.78. The zero-order valence-corrected chi connectivity index (χ0v) is 18.4. The highest BCUT2D eigenvalue weighted by molar-refractivity contribution is 6.03. The Bertz CT molecular complexity index is 1220. The maximum Gasteiger partial charge on any atom is 0.225 e. The van der Waals surface area contributed by atoms with Crippen LogP contribution in [-0.2, 0) is 9.59 Å². The number of Topliss-reactive ketones (excluding diaryl/α,β-unsaturated/α-hetero) is 1. The third-order valence-electron chi connectivity index (χ3n) is 6.46. The van der Waals surface area contributed by atoms with Crippen LogP contribution in [0.4, 0.5) is 0 Å². The molecule has 4 heteroatoms. The van der Waals surface area contributed by atoms with E-state index in [4.69, 9.17) is 4.74 Å². The summed E-state index contributed by atoms with van der Waals surface area (Å²) in [6.45, 7) is 4.00. The van der Waals surface area contributed by atoms with Gasteiger partial charge in [-0.1, -0.05) is 54.6 Å². The summed E-state index contributed by atoms with van der Waals surface area (Å²) in [4.78, 5) is 26.1. The third-order valence-corrected chi connectivity index (χ3v) is 6.46. The van der Waals surface area contributed by atoms with E-state index in [2.05, 4.69) is 29.6 Å². The van der Waals surface area contributed by atoms with Gasteiger partial charge in [0.05, 0.1) is 6.10 Å². The van der Waals surface area contributed by atoms with E-state index in [9.17, 15) is 9.59 Å². The molecule has 5 rings (SSSR count). The molecular weight excluding hydrogens is 398 g/mol. The van der Waals surface area contributed by atoms with Crippen molar-refractivity contribution in [1.82, 2.24) is 5.32 Å². The van der Waals surface area contributed by atoms with Crippen molar-refractivity contribution in [2.45, 2.75) is 51.0 Å². The van der Waals surface area contributed by atoms with Crippen LogP contribution in [0.15, 0.2) is 78.0 Å². The Balaban J connectivity index is 1.49. The van der Waals surface area contributed by atoms with Crippen LogP contribution in [0.2, 0.25) is 0 Å². The van der Waals surface area contributed by atoms with E-state index in [0.29, 0.717) is 19.3 Å². The van der Waals surface area contributed by atoms with Gasteiger partial charge >= 0.3 is 0 Å². The highest BCUT2D eigenvalue weighted by atomic mass is 16.5. The molecule has 0 saturated heterocycles. The highest BCUT2D eigenvalue weighted by Crippen LogP contribution is 2.44. The van der Waals surface area contributed by atoms with E-state index in [1.54, 1.807) is 0 Å². The van der Waals surface area contributed by atoms with Crippen LogP contribution in [0.5, 0.6) is 5.75 Å². The van der Waals surface area contributed by atoms with Gasteiger partial charge in [-0.2, -0.15) is 0 Å². The number of allylic oxidation sites excluding steroid dienone is 2. The molecule has 0 saturated carbocycles. The van der Waals surface area contributed by atoms with Crippen molar-refractivity contribution in [1.29, 1.82) is 0 Å². The predicted octanol–water partition coefficient (Wildman–Crippen LogP) is 5.63. The van der Waals surface area contributed by atoms with Gasteiger partial charge < -0.3 is 10.1 Å². The Morgan fingerprint density at radius 1 is 0.875 bits per heavy atom. The minimum Gasteiger partial charge on any atom is -0.491 e. The fraction of sp³-hybridized carbons (Fsp3) is 0.286. The molecule has 4 nitrogen and oxygen atoms in total. The van der Waals surface area contributed by atoms with Crippen LogP contribution >= 0.6 is 0 Å². The Morgan fingerprint density at radius 3 is 2.41 bits per heavy atom. The number of carbonyl (C=O) groups excluding carboxylic acids is 2. The summed E-state index contributed by atoms with van der Waals surface area (Å²) in [5, 5.41) is 5.27. The molecule has 1 amide bonds. The van der Waals surface area contributed by atoms with Crippen LogP contribution in [-0.4, -0.2) is 17.8 Å². The molecule has 1 heterocycles. The third kappa shape index (κ3) is 3.81. The Morgan fingerprint density at radius 2 is 1.62 bits per heavy atom. The molecule has 3 aromatic carbocycles. The molecular formula is C28H27NO3. The number of ether oxygens (including phenoxy) is 1. The van der Waals surface area contributed by atoms with Gasteiger partial charge in [0.2, 0.25) is 5.91 Å². The summed E-state index contributed by atoms with van der Waals surface area (Å²) in [5.74, 6) is 0.807. The van der Waals surface area contributed by atoms with Gasteiger partial charge in [-0.25, -0.2) is 0 Å². The SMILES string of the molecule is CC(C)Oc1ccc(C2CC(=O)C3=C(C2)NC(=O)CC3c2cccc3ccccc23)cc1. The molecule has 1 aliphatic heterocycles. The molecule has 3 aromatic rings. The molecule has 0 fully saturated rings. The highest BCUT2D eigenvalue weighted by Gasteiger charge is 2.38. The van der Waals surface area contributed by atoms with Crippen molar-refractivity contribution in [3.63, 3.8) is 0 Å². The molecule has 2 atom stereocenters. The summed E-state index contributed by atoms with van der Waals surface area (Å²) >= 11 is 0. The Labute approximate surface area is 188 Å². The molecule has 162 valence electrons. The van der Waals surface area contributed by atoms with E-state index in [-0.39, 0.29) is 29.6 Å². The minimum absolute atomic E-state index is 0.0178. The van der Waals surface area contributed by atoms with E-state index < -0.39 is 0 Å². The van der Waals surface area contributed by atoms with Crippen molar-refractivity contribution in [3.8, 4) is 5.75 Å². The van der Waals surface area contributed by atoms with Gasteiger partial charge in [0.1, 0.15) is 5.75 Å². The molecule has 1 N–H and O–H groups in total. The lowest BCUT2D eigenvalue weighted by Gasteiger charge is -2.35. The fourth-order valence-corrected chi connectivity index (χ4v) is 5.11. The molecule has 0 spiro atoms. The van der Waals surface area contributed by atoms with Crippen LogP contribution in [0.1, 0.15) is 56.1 Å². The first-order valence-corrected chi connectivity index (χ1v) is 11.3. The van der Waals surface area contributed by atoms with E-state index >= 15 is 0 Å². The van der Waals surface area contributed by atoms with Crippen molar-refractivity contribution in [2.24, 2.45) is 0 Å². The molecule has 32 heavy (non-hydrogen) atoms. The second kappa shape index (κ2) is 8.27. The number of rotatable bonds is 4. The molecule has 2 aliphatic rings.